The molecule has 2 rings (SSSR count). The summed E-state index contributed by atoms with van der Waals surface area (Å²) in [6.45, 7) is 27.8. The quantitative estimate of drug-likeness (QED) is 0.0771. The molecule has 0 radical (unpaired) electrons. The summed E-state index contributed by atoms with van der Waals surface area (Å²) in [6, 6.07) is 7.99. The van der Waals surface area contributed by atoms with Crippen molar-refractivity contribution in [2.45, 2.75) is 131 Å². The number of hydrogen-bond acceptors (Lipinski definition) is 6. The molecule has 6 atom stereocenters. The van der Waals surface area contributed by atoms with Gasteiger partial charge < -0.3 is 28.5 Å². The molecule has 1 aliphatic heterocycles. The summed E-state index contributed by atoms with van der Waals surface area (Å²) < 4.78 is 31.2. The van der Waals surface area contributed by atoms with Crippen molar-refractivity contribution in [3.63, 3.8) is 0 Å². The topological polar surface area (TPSA) is 66.4 Å². The average molecular weight is 671 g/mol. The SMILES string of the molecule is COc1ccc(COC/C=C(\C)[C@@H](O[Si](C)(C)C(C)(C)C)[C@@H](C)/C=C\C=C/[C@@H]2OC(C)(C)O[C@@H]([C@@H](C)/C(C)=C/CCCO)[C@H]2C)cc1. The van der Waals surface area contributed by atoms with Crippen molar-refractivity contribution in [3.8, 4) is 5.75 Å². The van der Waals surface area contributed by atoms with Crippen LogP contribution in [0.25, 0.3) is 0 Å². The van der Waals surface area contributed by atoms with Crippen LogP contribution in [-0.2, 0) is 25.2 Å². The molecule has 7 heteroatoms. The van der Waals surface area contributed by atoms with E-state index < -0.39 is 14.1 Å². The van der Waals surface area contributed by atoms with Gasteiger partial charge in [-0.1, -0.05) is 95.7 Å². The fourth-order valence-electron chi connectivity index (χ4n) is 5.55. The zero-order chi connectivity index (χ0) is 35.4. The highest BCUT2D eigenvalue weighted by Crippen LogP contribution is 2.40. The summed E-state index contributed by atoms with van der Waals surface area (Å²) in [5.41, 5.74) is 3.60. The van der Waals surface area contributed by atoms with Crippen LogP contribution in [0.3, 0.4) is 0 Å². The molecule has 47 heavy (non-hydrogen) atoms. The van der Waals surface area contributed by atoms with Crippen molar-refractivity contribution < 1.29 is 28.5 Å². The number of allylic oxidation sites excluding steroid dienone is 3. The molecule has 0 bridgehead atoms. The van der Waals surface area contributed by atoms with E-state index in [1.165, 1.54) is 11.1 Å². The molecule has 1 N–H and O–H groups in total. The van der Waals surface area contributed by atoms with Crippen LogP contribution in [0.2, 0.25) is 18.1 Å². The van der Waals surface area contributed by atoms with Gasteiger partial charge in [-0.25, -0.2) is 0 Å². The Balaban J connectivity index is 2.16. The highest BCUT2D eigenvalue weighted by Gasteiger charge is 2.43. The van der Waals surface area contributed by atoms with Crippen LogP contribution >= 0.6 is 0 Å². The minimum atomic E-state index is -2.04. The van der Waals surface area contributed by atoms with E-state index in [1.54, 1.807) is 7.11 Å². The fraction of sp³-hybridized carbons (Fsp3) is 0.650. The minimum Gasteiger partial charge on any atom is -0.497 e. The molecule has 0 amide bonds. The lowest BCUT2D eigenvalue weighted by molar-refractivity contribution is -0.315. The Hall–Kier alpha value is -2.00. The first-order valence-corrected chi connectivity index (χ1v) is 20.4. The van der Waals surface area contributed by atoms with Gasteiger partial charge in [-0.2, -0.15) is 0 Å². The molecule has 6 nitrogen and oxygen atoms in total. The number of benzene rings is 1. The van der Waals surface area contributed by atoms with E-state index in [0.29, 0.717) is 13.2 Å². The van der Waals surface area contributed by atoms with Crippen LogP contribution in [-0.4, -0.2) is 57.8 Å². The standard InChI is InChI=1S/C40H66O6Si/c1-29(18-16-17-26-41)32(4)38-33(5)36(44-40(9,10)45-38)20-15-14-19-30(2)37(46-47(12,13)39(6,7)8)31(3)25-27-43-28-34-21-23-35(42-11)24-22-34/h14-15,18-25,30,32-33,36-38,41H,16-17,26-28H2,1-13H3/b19-14-,20-15-,29-18+,31-25+/t30-,32-,33-,36-,37-,38-/m0/s1. The molecule has 266 valence electrons. The molecule has 1 fully saturated rings. The number of rotatable bonds is 17. The van der Waals surface area contributed by atoms with Gasteiger partial charge in [-0.3, -0.25) is 0 Å². The Morgan fingerprint density at radius 3 is 2.28 bits per heavy atom. The highest BCUT2D eigenvalue weighted by molar-refractivity contribution is 6.74. The third-order valence-electron chi connectivity index (χ3n) is 9.85. The largest absolute Gasteiger partial charge is 0.497 e. The predicted molar refractivity (Wildman–Crippen MR) is 198 cm³/mol. The fourth-order valence-corrected chi connectivity index (χ4v) is 6.94. The van der Waals surface area contributed by atoms with Crippen molar-refractivity contribution >= 4 is 8.32 Å². The van der Waals surface area contributed by atoms with Crippen LogP contribution in [0.5, 0.6) is 5.75 Å². The van der Waals surface area contributed by atoms with E-state index in [-0.39, 0.29) is 47.7 Å². The molecule has 1 aromatic carbocycles. The van der Waals surface area contributed by atoms with Gasteiger partial charge in [0.25, 0.3) is 0 Å². The number of aliphatic hydroxyl groups excluding tert-OH is 1. The van der Waals surface area contributed by atoms with Crippen molar-refractivity contribution in [2.24, 2.45) is 17.8 Å². The summed E-state index contributed by atoms with van der Waals surface area (Å²) >= 11 is 0. The lowest BCUT2D eigenvalue weighted by atomic mass is 9.83. The van der Waals surface area contributed by atoms with Crippen molar-refractivity contribution in [3.05, 3.63) is 77.4 Å². The number of aliphatic hydroxyl groups is 1. The van der Waals surface area contributed by atoms with Gasteiger partial charge in [0.2, 0.25) is 0 Å². The zero-order valence-corrected chi connectivity index (χ0v) is 32.8. The molecule has 0 saturated carbocycles. The summed E-state index contributed by atoms with van der Waals surface area (Å²) in [5.74, 6) is 0.761. The Labute approximate surface area is 288 Å². The van der Waals surface area contributed by atoms with Gasteiger partial charge in [0.15, 0.2) is 14.1 Å². The Kier molecular flexibility index (Phi) is 16.4. The second-order valence-electron chi connectivity index (χ2n) is 15.3. The lowest BCUT2D eigenvalue weighted by Crippen LogP contribution is -2.51. The molecule has 0 spiro atoms. The Morgan fingerprint density at radius 2 is 1.68 bits per heavy atom. The van der Waals surface area contributed by atoms with Crippen LogP contribution in [0.1, 0.15) is 87.6 Å². The molecular formula is C40H66O6Si. The second kappa shape index (κ2) is 18.7. The number of methoxy groups -OCH3 is 1. The number of ether oxygens (including phenoxy) is 4. The van der Waals surface area contributed by atoms with Crippen LogP contribution in [0.4, 0.5) is 0 Å². The maximum absolute atomic E-state index is 9.18. The number of unbranched alkanes of at least 4 members (excludes halogenated alkanes) is 1. The van der Waals surface area contributed by atoms with Crippen molar-refractivity contribution in [1.82, 2.24) is 0 Å². The smallest absolute Gasteiger partial charge is 0.192 e. The average Bonchev–Trinajstić information content (AvgIpc) is 3.00. The second-order valence-corrected chi connectivity index (χ2v) is 20.0. The monoisotopic (exact) mass is 670 g/mol. The van der Waals surface area contributed by atoms with E-state index in [2.05, 4.69) is 105 Å². The van der Waals surface area contributed by atoms with E-state index >= 15 is 0 Å². The predicted octanol–water partition coefficient (Wildman–Crippen LogP) is 9.81. The van der Waals surface area contributed by atoms with Crippen LogP contribution in [0, 0.1) is 17.8 Å². The van der Waals surface area contributed by atoms with E-state index in [4.69, 9.17) is 23.4 Å². The minimum absolute atomic E-state index is 0.0313. The van der Waals surface area contributed by atoms with Gasteiger partial charge >= 0.3 is 0 Å². The van der Waals surface area contributed by atoms with Gasteiger partial charge in [-0.15, -0.1) is 0 Å². The normalized spacial score (nSPS) is 23.3. The first kappa shape index (κ1) is 41.2. The van der Waals surface area contributed by atoms with Crippen molar-refractivity contribution in [1.29, 1.82) is 0 Å². The molecular weight excluding hydrogens is 605 g/mol. The molecule has 0 aliphatic carbocycles. The van der Waals surface area contributed by atoms with Gasteiger partial charge in [0.05, 0.1) is 38.6 Å². The van der Waals surface area contributed by atoms with Crippen LogP contribution < -0.4 is 4.74 Å². The lowest BCUT2D eigenvalue weighted by Gasteiger charge is -2.46. The molecule has 0 unspecified atom stereocenters. The highest BCUT2D eigenvalue weighted by atomic mass is 28.4. The van der Waals surface area contributed by atoms with E-state index in [1.807, 2.05) is 38.1 Å². The molecule has 1 heterocycles. The summed E-state index contributed by atoms with van der Waals surface area (Å²) in [5, 5.41) is 9.28. The molecule has 1 saturated heterocycles. The van der Waals surface area contributed by atoms with E-state index in [9.17, 15) is 5.11 Å². The molecule has 0 aromatic heterocycles. The maximum atomic E-state index is 9.18. The van der Waals surface area contributed by atoms with Crippen molar-refractivity contribution in [2.75, 3.05) is 20.3 Å². The third-order valence-corrected chi connectivity index (χ3v) is 14.3. The zero-order valence-electron chi connectivity index (χ0n) is 31.8. The van der Waals surface area contributed by atoms with Gasteiger partial charge in [-0.05, 0) is 81.9 Å². The Bertz CT molecular complexity index is 1190. The van der Waals surface area contributed by atoms with Gasteiger partial charge in [0.1, 0.15) is 5.75 Å². The molecule has 1 aliphatic rings. The maximum Gasteiger partial charge on any atom is 0.192 e. The van der Waals surface area contributed by atoms with E-state index in [0.717, 1.165) is 24.2 Å². The summed E-state index contributed by atoms with van der Waals surface area (Å²) in [4.78, 5) is 0. The van der Waals surface area contributed by atoms with Crippen LogP contribution in [0.15, 0.2) is 71.9 Å². The van der Waals surface area contributed by atoms with Gasteiger partial charge in [0, 0.05) is 24.4 Å². The Morgan fingerprint density at radius 1 is 1.02 bits per heavy atom. The number of hydrogen-bond donors (Lipinski definition) is 1. The first-order valence-electron chi connectivity index (χ1n) is 17.5. The summed E-state index contributed by atoms with van der Waals surface area (Å²) in [7, 11) is -0.362. The molecule has 1 aromatic rings. The first-order chi connectivity index (χ1) is 21.9. The third kappa shape index (κ3) is 13.1. The summed E-state index contributed by atoms with van der Waals surface area (Å²) in [6.07, 6.45) is 14.6.